The second-order valence-corrected chi connectivity index (χ2v) is 8.68. The van der Waals surface area contributed by atoms with Crippen molar-refractivity contribution < 1.29 is 4.74 Å². The van der Waals surface area contributed by atoms with Gasteiger partial charge in [-0.1, -0.05) is 35.3 Å². The number of benzene rings is 1. The van der Waals surface area contributed by atoms with E-state index in [2.05, 4.69) is 43.7 Å². The largest absolute Gasteiger partial charge is 0.381 e. The average molecular weight is 489 g/mol. The summed E-state index contributed by atoms with van der Waals surface area (Å²) in [5, 5.41) is 8.21. The van der Waals surface area contributed by atoms with Crippen molar-refractivity contribution >= 4 is 62.3 Å². The van der Waals surface area contributed by atoms with Crippen LogP contribution in [0.4, 0.5) is 5.82 Å². The molecule has 3 rings (SSSR count). The third-order valence-corrected chi connectivity index (χ3v) is 6.69. The zero-order valence-corrected chi connectivity index (χ0v) is 18.7. The van der Waals surface area contributed by atoms with Crippen LogP contribution in [0.5, 0.6) is 0 Å². The summed E-state index contributed by atoms with van der Waals surface area (Å²) in [6, 6.07) is 8.03. The van der Waals surface area contributed by atoms with E-state index in [1.165, 1.54) is 5.56 Å². The molecule has 1 aromatic carbocycles. The summed E-state index contributed by atoms with van der Waals surface area (Å²) >= 11 is 21.3. The van der Waals surface area contributed by atoms with E-state index in [4.69, 9.17) is 40.2 Å². The van der Waals surface area contributed by atoms with Crippen molar-refractivity contribution in [3.8, 4) is 0 Å². The van der Waals surface area contributed by atoms with Gasteiger partial charge in [-0.2, -0.15) is 0 Å². The molecule has 0 atom stereocenters. The Morgan fingerprint density at radius 2 is 1.93 bits per heavy atom. The number of ether oxygens (including phenoxy) is 1. The van der Waals surface area contributed by atoms with Gasteiger partial charge >= 0.3 is 0 Å². The van der Waals surface area contributed by atoms with E-state index < -0.39 is 0 Å². The summed E-state index contributed by atoms with van der Waals surface area (Å²) < 4.78 is 6.44. The van der Waals surface area contributed by atoms with Crippen molar-refractivity contribution in [1.82, 2.24) is 10.3 Å². The molecule has 0 bridgehead atoms. The monoisotopic (exact) mass is 487 g/mol. The smallest absolute Gasteiger partial charge is 0.172 e. The summed E-state index contributed by atoms with van der Waals surface area (Å²) in [5.74, 6) is 0.544. The highest BCUT2D eigenvalue weighted by molar-refractivity contribution is 9.10. The molecule has 2 N–H and O–H groups in total. The molecule has 1 aliphatic rings. The maximum absolute atomic E-state index is 6.36. The molecule has 8 heteroatoms. The predicted molar refractivity (Wildman–Crippen MR) is 119 cm³/mol. The Balaban J connectivity index is 1.71. The van der Waals surface area contributed by atoms with E-state index in [1.807, 2.05) is 19.1 Å². The molecule has 1 aromatic heterocycles. The lowest BCUT2D eigenvalue weighted by Gasteiger charge is -2.38. The molecule has 144 valence electrons. The molecule has 0 radical (unpaired) electrons. The number of thiocarbonyl (C=S) groups is 1. The third kappa shape index (κ3) is 4.93. The van der Waals surface area contributed by atoms with Crippen LogP contribution in [0.15, 0.2) is 34.9 Å². The lowest BCUT2D eigenvalue weighted by molar-refractivity contribution is 0.0515. The number of halogens is 3. The minimum absolute atomic E-state index is 0.0541. The number of nitrogens with zero attached hydrogens (tertiary/aromatic N) is 1. The highest BCUT2D eigenvalue weighted by atomic mass is 79.9. The second kappa shape index (κ2) is 9.05. The average Bonchev–Trinajstić information content (AvgIpc) is 2.68. The number of hydrogen-bond acceptors (Lipinski definition) is 3. The van der Waals surface area contributed by atoms with Crippen LogP contribution in [0.25, 0.3) is 0 Å². The van der Waals surface area contributed by atoms with Gasteiger partial charge in [-0.05, 0) is 71.2 Å². The Bertz CT molecular complexity index is 826. The molecule has 4 nitrogen and oxygen atoms in total. The van der Waals surface area contributed by atoms with Crippen LogP contribution in [0.1, 0.15) is 24.0 Å². The predicted octanol–water partition coefficient (Wildman–Crippen LogP) is 5.49. The Hall–Kier alpha value is -0.920. The number of rotatable bonds is 4. The van der Waals surface area contributed by atoms with Crippen LogP contribution in [0.3, 0.4) is 0 Å². The van der Waals surface area contributed by atoms with Crippen LogP contribution in [-0.4, -0.2) is 29.9 Å². The fourth-order valence-corrected chi connectivity index (χ4v) is 4.09. The maximum atomic E-state index is 6.36. The SMILES string of the molecule is Cc1c(Br)cnc(NC(=S)NCC2(c3ccc(Cl)cc3)CCOCC2)c1Cl. The Morgan fingerprint density at radius 3 is 2.59 bits per heavy atom. The molecule has 2 heterocycles. The van der Waals surface area contributed by atoms with Crippen molar-refractivity contribution in [2.24, 2.45) is 0 Å². The first-order valence-corrected chi connectivity index (χ1v) is 10.6. The number of pyridine rings is 1. The van der Waals surface area contributed by atoms with E-state index in [0.29, 0.717) is 22.5 Å². The highest BCUT2D eigenvalue weighted by Crippen LogP contribution is 2.35. The van der Waals surface area contributed by atoms with Gasteiger partial charge in [-0.3, -0.25) is 0 Å². The summed E-state index contributed by atoms with van der Waals surface area (Å²) in [4.78, 5) is 4.31. The summed E-state index contributed by atoms with van der Waals surface area (Å²) in [6.45, 7) is 4.07. The molecule has 1 aliphatic heterocycles. The zero-order chi connectivity index (χ0) is 19.4. The van der Waals surface area contributed by atoms with Crippen molar-refractivity contribution in [1.29, 1.82) is 0 Å². The van der Waals surface area contributed by atoms with Gasteiger partial charge in [0.2, 0.25) is 0 Å². The van der Waals surface area contributed by atoms with Crippen molar-refractivity contribution in [2.45, 2.75) is 25.2 Å². The number of anilines is 1. The minimum atomic E-state index is -0.0541. The van der Waals surface area contributed by atoms with Gasteiger partial charge in [0.25, 0.3) is 0 Å². The van der Waals surface area contributed by atoms with Crippen molar-refractivity contribution in [2.75, 3.05) is 25.1 Å². The first kappa shape index (κ1) is 20.8. The normalized spacial score (nSPS) is 16.0. The fraction of sp³-hybridized carbons (Fsp3) is 0.368. The molecule has 1 saturated heterocycles. The van der Waals surface area contributed by atoms with Crippen LogP contribution < -0.4 is 10.6 Å². The van der Waals surface area contributed by atoms with E-state index >= 15 is 0 Å². The summed E-state index contributed by atoms with van der Waals surface area (Å²) in [7, 11) is 0. The summed E-state index contributed by atoms with van der Waals surface area (Å²) in [5.41, 5.74) is 2.10. The molecular weight excluding hydrogens is 469 g/mol. The topological polar surface area (TPSA) is 46.2 Å². The molecule has 0 spiro atoms. The van der Waals surface area contributed by atoms with E-state index in [1.54, 1.807) is 6.20 Å². The highest BCUT2D eigenvalue weighted by Gasteiger charge is 2.34. The van der Waals surface area contributed by atoms with Gasteiger partial charge in [-0.25, -0.2) is 4.98 Å². The second-order valence-electron chi connectivity index (χ2n) is 6.60. The van der Waals surface area contributed by atoms with Crippen LogP contribution >= 0.6 is 51.3 Å². The lowest BCUT2D eigenvalue weighted by atomic mass is 9.74. The van der Waals surface area contributed by atoms with Crippen molar-refractivity contribution in [3.63, 3.8) is 0 Å². The van der Waals surface area contributed by atoms with Gasteiger partial charge < -0.3 is 15.4 Å². The maximum Gasteiger partial charge on any atom is 0.172 e. The quantitative estimate of drug-likeness (QED) is 0.557. The summed E-state index contributed by atoms with van der Waals surface area (Å²) in [6.07, 6.45) is 3.54. The fourth-order valence-electron chi connectivity index (χ4n) is 3.18. The van der Waals surface area contributed by atoms with Crippen LogP contribution in [0, 0.1) is 6.92 Å². The first-order valence-electron chi connectivity index (χ1n) is 8.60. The van der Waals surface area contributed by atoms with Gasteiger partial charge in [0.05, 0.1) is 5.02 Å². The number of hydrogen-bond donors (Lipinski definition) is 2. The van der Waals surface area contributed by atoms with Crippen molar-refractivity contribution in [3.05, 3.63) is 56.1 Å². The Labute approximate surface area is 183 Å². The zero-order valence-electron chi connectivity index (χ0n) is 14.8. The van der Waals surface area contributed by atoms with Gasteiger partial charge in [-0.15, -0.1) is 0 Å². The van der Waals surface area contributed by atoms with E-state index in [9.17, 15) is 0 Å². The van der Waals surface area contributed by atoms with E-state index in [0.717, 1.165) is 41.1 Å². The van der Waals surface area contributed by atoms with E-state index in [-0.39, 0.29) is 5.41 Å². The molecule has 1 fully saturated rings. The molecule has 2 aromatic rings. The molecule has 0 amide bonds. The molecule has 0 aliphatic carbocycles. The molecular formula is C19H20BrCl2N3OS. The first-order chi connectivity index (χ1) is 12.9. The molecule has 27 heavy (non-hydrogen) atoms. The van der Waals surface area contributed by atoms with Crippen LogP contribution in [-0.2, 0) is 10.2 Å². The standard InChI is InChI=1S/C19H20BrCl2N3OS/c1-12-15(20)10-23-17(16(12)22)25-18(27)24-11-19(6-8-26-9-7-19)13-2-4-14(21)5-3-13/h2-5,10H,6-9,11H2,1H3,(H2,23,24,25,27). The van der Waals surface area contributed by atoms with Gasteiger partial charge in [0.15, 0.2) is 10.9 Å². The minimum Gasteiger partial charge on any atom is -0.381 e. The third-order valence-electron chi connectivity index (χ3n) is 4.93. The van der Waals surface area contributed by atoms with Crippen LogP contribution in [0.2, 0.25) is 10.0 Å². The molecule has 0 saturated carbocycles. The Morgan fingerprint density at radius 1 is 1.26 bits per heavy atom. The van der Waals surface area contributed by atoms with Gasteiger partial charge in [0.1, 0.15) is 0 Å². The number of aromatic nitrogens is 1. The number of nitrogens with one attached hydrogen (secondary N) is 2. The van der Waals surface area contributed by atoms with Gasteiger partial charge in [0, 0.05) is 40.9 Å². The lowest BCUT2D eigenvalue weighted by Crippen LogP contribution is -2.45. The molecule has 0 unspecified atom stereocenters. The Kier molecular flexibility index (Phi) is 6.98.